The summed E-state index contributed by atoms with van der Waals surface area (Å²) in [5.74, 6) is 0.610. The van der Waals surface area contributed by atoms with Crippen molar-refractivity contribution in [2.24, 2.45) is 0 Å². The van der Waals surface area contributed by atoms with Crippen molar-refractivity contribution < 1.29 is 4.79 Å². The molecule has 0 aliphatic carbocycles. The first-order valence-electron chi connectivity index (χ1n) is 8.46. The Morgan fingerprint density at radius 3 is 2.65 bits per heavy atom. The Labute approximate surface area is 165 Å². The molecule has 4 rings (SSSR count). The fourth-order valence-corrected chi connectivity index (χ4v) is 5.13. The Morgan fingerprint density at radius 2 is 1.88 bits per heavy atom. The highest BCUT2D eigenvalue weighted by Gasteiger charge is 2.21. The molecule has 1 amide bonds. The molecule has 0 atom stereocenters. The molecular weight excluding hydrogens is 386 g/mol. The molecule has 1 aliphatic heterocycles. The molecule has 0 N–H and O–H groups in total. The molecular formula is C19H18ClN3OS2. The van der Waals surface area contributed by atoms with E-state index in [-0.39, 0.29) is 5.91 Å². The van der Waals surface area contributed by atoms with Gasteiger partial charge in [-0.1, -0.05) is 41.6 Å². The summed E-state index contributed by atoms with van der Waals surface area (Å²) in [5, 5.41) is 0.687. The summed E-state index contributed by atoms with van der Waals surface area (Å²) in [6.45, 7) is 3.29. The average molecular weight is 404 g/mol. The van der Waals surface area contributed by atoms with Gasteiger partial charge < -0.3 is 9.80 Å². The number of anilines is 1. The SMILES string of the molecule is O=C(CSc1nc2cc(Cl)ccc2s1)N1CCN(c2ccccc2)CC1. The van der Waals surface area contributed by atoms with Crippen molar-refractivity contribution >= 4 is 56.5 Å². The topological polar surface area (TPSA) is 36.4 Å². The molecule has 1 aromatic heterocycles. The number of fused-ring (bicyclic) bond motifs is 1. The summed E-state index contributed by atoms with van der Waals surface area (Å²) >= 11 is 9.12. The maximum absolute atomic E-state index is 12.5. The lowest BCUT2D eigenvalue weighted by Crippen LogP contribution is -2.49. The van der Waals surface area contributed by atoms with Crippen LogP contribution in [0.4, 0.5) is 5.69 Å². The lowest BCUT2D eigenvalue weighted by Gasteiger charge is -2.36. The van der Waals surface area contributed by atoms with Gasteiger partial charge in [-0.2, -0.15) is 0 Å². The van der Waals surface area contributed by atoms with E-state index < -0.39 is 0 Å². The summed E-state index contributed by atoms with van der Waals surface area (Å²) < 4.78 is 2.01. The molecule has 0 radical (unpaired) electrons. The lowest BCUT2D eigenvalue weighted by atomic mass is 10.2. The van der Waals surface area contributed by atoms with Crippen molar-refractivity contribution in [2.75, 3.05) is 36.8 Å². The van der Waals surface area contributed by atoms with Gasteiger partial charge in [0.05, 0.1) is 16.0 Å². The number of aromatic nitrogens is 1. The number of benzene rings is 2. The van der Waals surface area contributed by atoms with Crippen molar-refractivity contribution in [1.29, 1.82) is 0 Å². The van der Waals surface area contributed by atoms with E-state index >= 15 is 0 Å². The van der Waals surface area contributed by atoms with Crippen LogP contribution in [-0.2, 0) is 4.79 Å². The van der Waals surface area contributed by atoms with Gasteiger partial charge in [0.15, 0.2) is 4.34 Å². The standard InChI is InChI=1S/C19H18ClN3OS2/c20-14-6-7-17-16(12-14)21-19(26-17)25-13-18(24)23-10-8-22(9-11-23)15-4-2-1-3-5-15/h1-7,12H,8-11,13H2. The first-order chi connectivity index (χ1) is 12.7. The zero-order chi connectivity index (χ0) is 17.9. The largest absolute Gasteiger partial charge is 0.368 e. The number of rotatable bonds is 4. The number of nitrogens with zero attached hydrogens (tertiary/aromatic N) is 3. The van der Waals surface area contributed by atoms with Crippen LogP contribution in [0.1, 0.15) is 0 Å². The number of hydrogen-bond acceptors (Lipinski definition) is 5. The summed E-state index contributed by atoms with van der Waals surface area (Å²) in [6, 6.07) is 16.1. The van der Waals surface area contributed by atoms with Crippen molar-refractivity contribution in [2.45, 2.75) is 4.34 Å². The van der Waals surface area contributed by atoms with Crippen LogP contribution in [-0.4, -0.2) is 47.7 Å². The van der Waals surface area contributed by atoms with Crippen molar-refractivity contribution in [3.63, 3.8) is 0 Å². The van der Waals surface area contributed by atoms with Gasteiger partial charge in [0.1, 0.15) is 0 Å². The van der Waals surface area contributed by atoms with Crippen molar-refractivity contribution in [3.8, 4) is 0 Å². The number of carbonyl (C=O) groups is 1. The highest BCUT2D eigenvalue weighted by molar-refractivity contribution is 8.01. The number of halogens is 1. The highest BCUT2D eigenvalue weighted by Crippen LogP contribution is 2.31. The summed E-state index contributed by atoms with van der Waals surface area (Å²) in [5.41, 5.74) is 2.12. The number of para-hydroxylation sites is 1. The van der Waals surface area contributed by atoms with Gasteiger partial charge >= 0.3 is 0 Å². The van der Waals surface area contributed by atoms with E-state index in [1.165, 1.54) is 17.4 Å². The van der Waals surface area contributed by atoms with E-state index in [2.05, 4.69) is 34.1 Å². The molecule has 2 heterocycles. The minimum Gasteiger partial charge on any atom is -0.368 e. The van der Waals surface area contributed by atoms with Crippen LogP contribution in [0.3, 0.4) is 0 Å². The highest BCUT2D eigenvalue weighted by atomic mass is 35.5. The summed E-state index contributed by atoms with van der Waals surface area (Å²) in [6.07, 6.45) is 0. The molecule has 26 heavy (non-hydrogen) atoms. The molecule has 1 fully saturated rings. The normalized spacial score (nSPS) is 14.8. The van der Waals surface area contributed by atoms with E-state index in [9.17, 15) is 4.79 Å². The van der Waals surface area contributed by atoms with E-state index in [1.54, 1.807) is 11.3 Å². The third-order valence-electron chi connectivity index (χ3n) is 4.40. The monoisotopic (exact) mass is 403 g/mol. The third kappa shape index (κ3) is 3.98. The molecule has 0 spiro atoms. The molecule has 0 saturated carbocycles. The second-order valence-corrected chi connectivity index (χ2v) is 8.77. The predicted octanol–water partition coefficient (Wildman–Crippen LogP) is 4.39. The molecule has 1 aliphatic rings. The number of hydrogen-bond donors (Lipinski definition) is 0. The maximum atomic E-state index is 12.5. The van der Waals surface area contributed by atoms with Gasteiger partial charge in [-0.15, -0.1) is 11.3 Å². The number of carbonyl (C=O) groups excluding carboxylic acids is 1. The molecule has 0 bridgehead atoms. The molecule has 3 aromatic rings. The van der Waals surface area contributed by atoms with Gasteiger partial charge in [-0.3, -0.25) is 4.79 Å². The Bertz CT molecular complexity index is 908. The summed E-state index contributed by atoms with van der Waals surface area (Å²) in [4.78, 5) is 21.4. The van der Waals surface area contributed by atoms with E-state index in [4.69, 9.17) is 11.6 Å². The number of amides is 1. The van der Waals surface area contributed by atoms with Crippen molar-refractivity contribution in [1.82, 2.24) is 9.88 Å². The maximum Gasteiger partial charge on any atom is 0.233 e. The van der Waals surface area contributed by atoms with Crippen LogP contribution in [0, 0.1) is 0 Å². The minimum absolute atomic E-state index is 0.181. The zero-order valence-corrected chi connectivity index (χ0v) is 16.5. The fraction of sp³-hybridized carbons (Fsp3) is 0.263. The van der Waals surface area contributed by atoms with Crippen LogP contribution in [0.2, 0.25) is 5.02 Å². The summed E-state index contributed by atoms with van der Waals surface area (Å²) in [7, 11) is 0. The van der Waals surface area contributed by atoms with Crippen LogP contribution in [0.25, 0.3) is 10.2 Å². The Hall–Kier alpha value is -1.76. The quantitative estimate of drug-likeness (QED) is 0.605. The average Bonchev–Trinajstić information content (AvgIpc) is 3.09. The van der Waals surface area contributed by atoms with Gasteiger partial charge in [0.25, 0.3) is 0 Å². The third-order valence-corrected chi connectivity index (χ3v) is 6.80. The van der Waals surface area contributed by atoms with Crippen LogP contribution in [0.15, 0.2) is 52.9 Å². The predicted molar refractivity (Wildman–Crippen MR) is 111 cm³/mol. The van der Waals surface area contributed by atoms with Crippen LogP contribution >= 0.6 is 34.7 Å². The van der Waals surface area contributed by atoms with Crippen molar-refractivity contribution in [3.05, 3.63) is 53.6 Å². The molecule has 2 aromatic carbocycles. The second-order valence-electron chi connectivity index (χ2n) is 6.08. The Balaban J connectivity index is 1.31. The van der Waals surface area contributed by atoms with Crippen LogP contribution in [0.5, 0.6) is 0 Å². The van der Waals surface area contributed by atoms with E-state index in [0.29, 0.717) is 10.8 Å². The smallest absolute Gasteiger partial charge is 0.233 e. The molecule has 134 valence electrons. The Kier molecular flexibility index (Phi) is 5.33. The van der Waals surface area contributed by atoms with Crippen LogP contribution < -0.4 is 4.90 Å². The number of piperazine rings is 1. The molecule has 4 nitrogen and oxygen atoms in total. The zero-order valence-electron chi connectivity index (χ0n) is 14.1. The number of thiazole rings is 1. The fourth-order valence-electron chi connectivity index (χ4n) is 3.01. The first-order valence-corrected chi connectivity index (χ1v) is 10.6. The molecule has 7 heteroatoms. The van der Waals surface area contributed by atoms with Gasteiger partial charge in [0.2, 0.25) is 5.91 Å². The molecule has 1 saturated heterocycles. The lowest BCUT2D eigenvalue weighted by molar-refractivity contribution is -0.128. The van der Waals surface area contributed by atoms with E-state index in [0.717, 1.165) is 40.7 Å². The van der Waals surface area contributed by atoms with Gasteiger partial charge in [0, 0.05) is 36.9 Å². The van der Waals surface area contributed by atoms with E-state index in [1.807, 2.05) is 29.2 Å². The molecule has 0 unspecified atom stereocenters. The van der Waals surface area contributed by atoms with Gasteiger partial charge in [-0.25, -0.2) is 4.98 Å². The first kappa shape index (κ1) is 17.6. The number of thioether (sulfide) groups is 1. The van der Waals surface area contributed by atoms with Gasteiger partial charge in [-0.05, 0) is 30.3 Å². The second kappa shape index (κ2) is 7.86. The Morgan fingerprint density at radius 1 is 1.12 bits per heavy atom. The minimum atomic E-state index is 0.181.